The predicted molar refractivity (Wildman–Crippen MR) is 298 cm³/mol. The van der Waals surface area contributed by atoms with Crippen molar-refractivity contribution in [1.82, 2.24) is 58.5 Å². The largest absolute Gasteiger partial charge is 0.391 e. The Kier molecular flexibility index (Phi) is 32.4. The zero-order chi connectivity index (χ0) is 61.6. The second-order valence-electron chi connectivity index (χ2n) is 20.8. The summed E-state index contributed by atoms with van der Waals surface area (Å²) in [5.74, 6) is -11.4. The molecule has 0 aromatic heterocycles. The van der Waals surface area contributed by atoms with Gasteiger partial charge in [-0.25, -0.2) is 0 Å². The third-order valence-corrected chi connectivity index (χ3v) is 13.1. The number of unbranched alkanes of at least 4 members (excludes halogenated alkanes) is 4. The Bertz CT molecular complexity index is 2260. The van der Waals surface area contributed by atoms with Gasteiger partial charge in [0, 0.05) is 19.4 Å². The highest BCUT2D eigenvalue weighted by Gasteiger charge is 2.38. The smallest absolute Gasteiger partial charge is 0.270 e. The highest BCUT2D eigenvalue weighted by atomic mass is 16.3. The van der Waals surface area contributed by atoms with Crippen LogP contribution >= 0.6 is 0 Å². The van der Waals surface area contributed by atoms with Crippen LogP contribution in [0, 0.1) is 5.92 Å². The molecular weight excluding hydrogens is 1070 g/mol. The molecule has 1 fully saturated rings. The number of aliphatic hydroxyl groups excluding tert-OH is 4. The number of nitrogens with two attached hydrogens (primary N) is 3. The number of nitrogens with one attached hydrogen (secondary N) is 11. The molecule has 1 aliphatic rings. The maximum Gasteiger partial charge on any atom is 0.270 e. The van der Waals surface area contributed by atoms with E-state index in [9.17, 15) is 73.2 Å². The molecule has 462 valence electrons. The van der Waals surface area contributed by atoms with Gasteiger partial charge in [-0.3, -0.25) is 52.7 Å². The lowest BCUT2D eigenvalue weighted by Crippen LogP contribution is -2.62. The van der Waals surface area contributed by atoms with E-state index in [2.05, 4.69) is 53.2 Å². The first-order chi connectivity index (χ1) is 38.8. The molecule has 0 unspecified atom stereocenters. The van der Waals surface area contributed by atoms with Gasteiger partial charge < -0.3 is 96.1 Å². The summed E-state index contributed by atoms with van der Waals surface area (Å²) >= 11 is 0. The highest BCUT2D eigenvalue weighted by molar-refractivity contribution is 5.99. The summed E-state index contributed by atoms with van der Waals surface area (Å²) in [7, 11) is 0. The molecule has 0 bridgehead atoms. The van der Waals surface area contributed by atoms with E-state index < -0.39 is 157 Å². The molecule has 29 heteroatoms. The molecule has 0 radical (unpaired) electrons. The Balaban J connectivity index is 2.62. The number of hydrogen-bond donors (Lipinski definition) is 18. The van der Waals surface area contributed by atoms with Gasteiger partial charge in [-0.05, 0) is 90.4 Å². The standard InChI is InChI=1S/C53H90N14O15/c1-7-8-9-10-14-17-39(71)64-41(30(5)69)50(79)66-42(31(6)70)51(80)67-53(82)52(81)61-36-21-25-57-49(78)40(29(4)68)65-46(75)35(20-24-56)59-43(72)33(18-22-54)60-47(76)37(26-28(2)3)62-48(77)38(27-32-15-12-11-13-16-32)63-44(73)34(19-23-55)58-45(36)74/h11-13,15-16,28-31,33-38,40-42,53,68-70,82H,7-10,14,17-27,54-56H2,1-6H3,(H,57,78)(H,58,74)(H,59,72)(H,60,76)(H,61,81)(H,62,77)(H,63,73)(H,64,71)(H,65,75)(H,66,79)(H,67,80)/t29-,30+,31-,33+,34+,35+,36+,37+,38-,40+,41+,42+,53+/m1/s1. The Morgan fingerprint density at radius 2 is 1.02 bits per heavy atom. The summed E-state index contributed by atoms with van der Waals surface area (Å²) in [6.45, 7) is 7.98. The zero-order valence-corrected chi connectivity index (χ0v) is 47.8. The molecule has 0 saturated carbocycles. The van der Waals surface area contributed by atoms with E-state index in [4.69, 9.17) is 17.2 Å². The summed E-state index contributed by atoms with van der Waals surface area (Å²) in [6, 6.07) is -5.68. The fourth-order valence-electron chi connectivity index (χ4n) is 8.54. The second kappa shape index (κ2) is 37.3. The summed E-state index contributed by atoms with van der Waals surface area (Å²) in [4.78, 5) is 151. The third-order valence-electron chi connectivity index (χ3n) is 13.1. The summed E-state index contributed by atoms with van der Waals surface area (Å²) < 4.78 is 0. The number of hydrogen-bond acceptors (Lipinski definition) is 18. The van der Waals surface area contributed by atoms with Crippen LogP contribution in [-0.2, 0) is 59.2 Å². The molecule has 82 heavy (non-hydrogen) atoms. The van der Waals surface area contributed by atoms with Gasteiger partial charge in [-0.1, -0.05) is 76.8 Å². The maximum absolute atomic E-state index is 14.3. The molecule has 1 heterocycles. The summed E-state index contributed by atoms with van der Waals surface area (Å²) in [5, 5.41) is 69.1. The van der Waals surface area contributed by atoms with Gasteiger partial charge in [0.2, 0.25) is 65.3 Å². The fourth-order valence-corrected chi connectivity index (χ4v) is 8.54. The average Bonchev–Trinajstić information content (AvgIpc) is 3.46. The van der Waals surface area contributed by atoms with E-state index in [1.807, 2.05) is 12.2 Å². The lowest BCUT2D eigenvalue weighted by molar-refractivity contribution is -0.142. The minimum atomic E-state index is -2.53. The number of carbonyl (C=O) groups excluding carboxylic acids is 11. The monoisotopic (exact) mass is 1160 g/mol. The van der Waals surface area contributed by atoms with Gasteiger partial charge in [0.1, 0.15) is 54.4 Å². The van der Waals surface area contributed by atoms with Crippen LogP contribution in [0.1, 0.15) is 118 Å². The molecule has 0 aliphatic carbocycles. The molecule has 1 aromatic carbocycles. The number of amides is 11. The van der Waals surface area contributed by atoms with E-state index in [0.29, 0.717) is 12.0 Å². The maximum atomic E-state index is 14.3. The van der Waals surface area contributed by atoms with Crippen LogP contribution in [0.4, 0.5) is 0 Å². The first-order valence-corrected chi connectivity index (χ1v) is 27.9. The van der Waals surface area contributed by atoms with E-state index in [1.54, 1.807) is 44.2 Å². The van der Waals surface area contributed by atoms with Gasteiger partial charge >= 0.3 is 0 Å². The van der Waals surface area contributed by atoms with Gasteiger partial charge in [-0.2, -0.15) is 0 Å². The van der Waals surface area contributed by atoms with Crippen LogP contribution < -0.4 is 75.7 Å². The van der Waals surface area contributed by atoms with Crippen molar-refractivity contribution in [3.63, 3.8) is 0 Å². The number of carbonyl (C=O) groups is 11. The first kappa shape index (κ1) is 71.2. The van der Waals surface area contributed by atoms with Crippen molar-refractivity contribution in [3.05, 3.63) is 35.9 Å². The van der Waals surface area contributed by atoms with Crippen molar-refractivity contribution < 1.29 is 73.2 Å². The van der Waals surface area contributed by atoms with Crippen LogP contribution in [0.5, 0.6) is 0 Å². The van der Waals surface area contributed by atoms with E-state index in [0.717, 1.165) is 32.6 Å². The van der Waals surface area contributed by atoms with Crippen molar-refractivity contribution in [1.29, 1.82) is 0 Å². The van der Waals surface area contributed by atoms with Crippen molar-refractivity contribution in [3.8, 4) is 0 Å². The third kappa shape index (κ3) is 25.1. The first-order valence-electron chi connectivity index (χ1n) is 27.9. The fraction of sp³-hybridized carbons (Fsp3) is 0.679. The Labute approximate surface area is 478 Å². The van der Waals surface area contributed by atoms with Crippen LogP contribution in [0.2, 0.25) is 0 Å². The minimum absolute atomic E-state index is 0.0290. The molecule has 2 rings (SSSR count). The zero-order valence-electron chi connectivity index (χ0n) is 47.8. The van der Waals surface area contributed by atoms with Crippen molar-refractivity contribution in [2.45, 2.75) is 198 Å². The predicted octanol–water partition coefficient (Wildman–Crippen LogP) is -5.86. The molecular formula is C53H90N14O15. The minimum Gasteiger partial charge on any atom is -0.391 e. The second-order valence-corrected chi connectivity index (χ2v) is 20.8. The van der Waals surface area contributed by atoms with Gasteiger partial charge in [0.15, 0.2) is 0 Å². The van der Waals surface area contributed by atoms with Crippen molar-refractivity contribution >= 4 is 65.0 Å². The lowest BCUT2D eigenvalue weighted by Gasteiger charge is -2.28. The van der Waals surface area contributed by atoms with E-state index in [1.165, 1.54) is 13.8 Å². The Morgan fingerprint density at radius 3 is 1.54 bits per heavy atom. The Morgan fingerprint density at radius 1 is 0.561 bits per heavy atom. The topological polar surface area (TPSA) is 479 Å². The molecule has 21 N–H and O–H groups in total. The lowest BCUT2D eigenvalue weighted by atomic mass is 10.00. The molecule has 1 aromatic rings. The van der Waals surface area contributed by atoms with Crippen LogP contribution in [-0.4, -0.2) is 191 Å². The molecule has 0 spiro atoms. The van der Waals surface area contributed by atoms with Crippen molar-refractivity contribution in [2.75, 3.05) is 26.2 Å². The van der Waals surface area contributed by atoms with Crippen LogP contribution in [0.15, 0.2) is 30.3 Å². The average molecular weight is 1160 g/mol. The van der Waals surface area contributed by atoms with E-state index >= 15 is 0 Å². The summed E-state index contributed by atoms with van der Waals surface area (Å²) in [6.07, 6.45) is -4.44. The summed E-state index contributed by atoms with van der Waals surface area (Å²) in [5.41, 5.74) is 18.1. The van der Waals surface area contributed by atoms with Crippen LogP contribution in [0.3, 0.4) is 0 Å². The normalized spacial score (nSPS) is 23.3. The molecule has 13 atom stereocenters. The van der Waals surface area contributed by atoms with Gasteiger partial charge in [0.05, 0.1) is 18.3 Å². The quantitative estimate of drug-likeness (QED) is 0.0303. The van der Waals surface area contributed by atoms with E-state index in [-0.39, 0.29) is 64.1 Å². The highest BCUT2D eigenvalue weighted by Crippen LogP contribution is 2.12. The van der Waals surface area contributed by atoms with Crippen LogP contribution in [0.25, 0.3) is 0 Å². The Hall–Kier alpha value is -6.89. The SMILES string of the molecule is CCCCCCCC(=O)N[C@H](C(=O)N[C@H](C(=O)N[C@@H](O)C(=O)N[C@H]1CCNC(=O)[C@H]([C@@H](C)O)NC(=O)[C@H](CCN)NC(=O)[C@H](CCN)NC(=O)[C@H](CC(C)C)NC(=O)[C@@H](Cc2ccccc2)NC(=O)[C@H](CCN)NC1=O)[C@@H](C)O)[C@H](C)O. The van der Waals surface area contributed by atoms with Crippen molar-refractivity contribution in [2.24, 2.45) is 23.1 Å². The molecule has 11 amide bonds. The number of rotatable bonds is 26. The molecule has 29 nitrogen and oxygen atoms in total. The van der Waals surface area contributed by atoms with Gasteiger partial charge in [-0.15, -0.1) is 0 Å². The molecule has 1 saturated heterocycles. The molecule has 1 aliphatic heterocycles. The van der Waals surface area contributed by atoms with Gasteiger partial charge in [0.25, 0.3) is 5.91 Å². The number of aliphatic hydroxyl groups is 4. The number of benzene rings is 1.